The largest absolute Gasteiger partial charge is 0.495 e. The molecule has 0 aliphatic carbocycles. The normalized spacial score (nSPS) is 11.0. The van der Waals surface area contributed by atoms with Crippen molar-refractivity contribution < 1.29 is 27.9 Å². The van der Waals surface area contributed by atoms with Crippen LogP contribution in [0.2, 0.25) is 0 Å². The summed E-state index contributed by atoms with van der Waals surface area (Å²) >= 11 is 0. The lowest BCUT2D eigenvalue weighted by atomic mass is 10.2. The molecule has 0 atom stereocenters. The van der Waals surface area contributed by atoms with Crippen molar-refractivity contribution in [2.45, 2.75) is 11.4 Å². The Morgan fingerprint density at radius 1 is 1.06 bits per heavy atom. The zero-order valence-corrected chi connectivity index (χ0v) is 17.2. The first-order chi connectivity index (χ1) is 14.8. The van der Waals surface area contributed by atoms with Gasteiger partial charge in [-0.25, -0.2) is 17.9 Å². The van der Waals surface area contributed by atoms with Gasteiger partial charge in [-0.15, -0.1) is 0 Å². The summed E-state index contributed by atoms with van der Waals surface area (Å²) in [5.41, 5.74) is 1.12. The molecule has 3 rings (SSSR count). The van der Waals surface area contributed by atoms with Gasteiger partial charge in [-0.2, -0.15) is 0 Å². The molecule has 1 aromatic heterocycles. The Bertz CT molecular complexity index is 1210. The topological polar surface area (TPSA) is 135 Å². The van der Waals surface area contributed by atoms with Crippen molar-refractivity contribution in [2.75, 3.05) is 12.4 Å². The number of nitrogens with zero attached hydrogens (tertiary/aromatic N) is 1. The average molecular weight is 441 g/mol. The van der Waals surface area contributed by atoms with Gasteiger partial charge >= 0.3 is 5.97 Å². The lowest BCUT2D eigenvalue weighted by Crippen LogP contribution is -2.24. The van der Waals surface area contributed by atoms with Crippen LogP contribution in [0, 0.1) is 0 Å². The van der Waals surface area contributed by atoms with E-state index in [0.717, 1.165) is 6.07 Å². The Kier molecular flexibility index (Phi) is 6.63. The van der Waals surface area contributed by atoms with E-state index in [1.165, 1.54) is 25.4 Å². The first-order valence-electron chi connectivity index (χ1n) is 9.02. The van der Waals surface area contributed by atoms with Gasteiger partial charge in [0.25, 0.3) is 5.91 Å². The maximum atomic E-state index is 12.7. The highest BCUT2D eigenvalue weighted by atomic mass is 32.2. The number of methoxy groups -OCH3 is 1. The number of rotatable bonds is 8. The van der Waals surface area contributed by atoms with E-state index in [2.05, 4.69) is 15.0 Å². The predicted molar refractivity (Wildman–Crippen MR) is 113 cm³/mol. The molecule has 10 heteroatoms. The van der Waals surface area contributed by atoms with E-state index in [0.29, 0.717) is 11.3 Å². The van der Waals surface area contributed by atoms with Crippen LogP contribution < -0.4 is 14.8 Å². The molecule has 9 nitrogen and oxygen atoms in total. The van der Waals surface area contributed by atoms with Crippen molar-refractivity contribution in [1.29, 1.82) is 0 Å². The van der Waals surface area contributed by atoms with Crippen molar-refractivity contribution in [2.24, 2.45) is 0 Å². The van der Waals surface area contributed by atoms with Crippen molar-refractivity contribution in [3.8, 4) is 5.75 Å². The molecule has 0 radical (unpaired) electrons. The average Bonchev–Trinajstić information content (AvgIpc) is 2.78. The summed E-state index contributed by atoms with van der Waals surface area (Å²) in [6, 6.07) is 15.2. The summed E-state index contributed by atoms with van der Waals surface area (Å²) in [7, 11) is -2.78. The second-order valence-corrected chi connectivity index (χ2v) is 8.10. The molecule has 1 heterocycles. The summed E-state index contributed by atoms with van der Waals surface area (Å²) in [5, 5.41) is 11.8. The number of carbonyl (C=O) groups excluding carboxylic acids is 1. The molecule has 2 aromatic carbocycles. The van der Waals surface area contributed by atoms with Gasteiger partial charge in [0.15, 0.2) is 0 Å². The maximum Gasteiger partial charge on any atom is 0.335 e. The van der Waals surface area contributed by atoms with Gasteiger partial charge in [0.2, 0.25) is 10.0 Å². The highest BCUT2D eigenvalue weighted by molar-refractivity contribution is 7.89. The zero-order chi connectivity index (χ0) is 22.4. The van der Waals surface area contributed by atoms with E-state index in [1.54, 1.807) is 42.5 Å². The quantitative estimate of drug-likeness (QED) is 0.489. The van der Waals surface area contributed by atoms with Gasteiger partial charge in [0, 0.05) is 18.4 Å². The molecule has 0 spiro atoms. The van der Waals surface area contributed by atoms with E-state index in [9.17, 15) is 18.0 Å². The molecule has 3 aromatic rings. The summed E-state index contributed by atoms with van der Waals surface area (Å²) in [4.78, 5) is 27.1. The molecule has 0 unspecified atom stereocenters. The minimum atomic E-state index is -4.07. The number of anilines is 1. The number of carbonyl (C=O) groups is 2. The molecule has 0 aliphatic rings. The highest BCUT2D eigenvalue weighted by Crippen LogP contribution is 2.25. The molecule has 0 fully saturated rings. The first-order valence-corrected chi connectivity index (χ1v) is 10.5. The maximum absolute atomic E-state index is 12.7. The molecule has 0 saturated carbocycles. The minimum absolute atomic E-state index is 0.0221. The number of hydrogen-bond acceptors (Lipinski definition) is 6. The summed E-state index contributed by atoms with van der Waals surface area (Å²) in [5.74, 6) is -1.63. The number of aromatic nitrogens is 1. The van der Waals surface area contributed by atoms with E-state index < -0.39 is 21.9 Å². The monoisotopic (exact) mass is 441 g/mol. The van der Waals surface area contributed by atoms with E-state index in [-0.39, 0.29) is 28.4 Å². The number of aromatic carboxylic acids is 1. The van der Waals surface area contributed by atoms with Crippen LogP contribution in [0.15, 0.2) is 71.8 Å². The molecular formula is C21H19N3O6S. The number of carboxylic acids is 1. The molecule has 0 aliphatic heterocycles. The lowest BCUT2D eigenvalue weighted by Gasteiger charge is -2.12. The van der Waals surface area contributed by atoms with E-state index >= 15 is 0 Å². The molecular weight excluding hydrogens is 422 g/mol. The number of hydrogen-bond donors (Lipinski definition) is 3. The van der Waals surface area contributed by atoms with Crippen molar-refractivity contribution in [3.05, 3.63) is 83.7 Å². The Morgan fingerprint density at radius 2 is 1.87 bits per heavy atom. The van der Waals surface area contributed by atoms with Crippen LogP contribution in [0.5, 0.6) is 5.75 Å². The van der Waals surface area contributed by atoms with Crippen LogP contribution in [0.25, 0.3) is 0 Å². The van der Waals surface area contributed by atoms with Crippen LogP contribution in [0.1, 0.15) is 26.4 Å². The smallest absolute Gasteiger partial charge is 0.335 e. The number of pyridine rings is 1. The van der Waals surface area contributed by atoms with Crippen LogP contribution in [0.3, 0.4) is 0 Å². The zero-order valence-electron chi connectivity index (χ0n) is 16.4. The molecule has 160 valence electrons. The Hall–Kier alpha value is -3.76. The van der Waals surface area contributed by atoms with Crippen LogP contribution in [0.4, 0.5) is 5.69 Å². The van der Waals surface area contributed by atoms with Crippen molar-refractivity contribution in [3.63, 3.8) is 0 Å². The molecule has 0 bridgehead atoms. The number of nitrogens with one attached hydrogen (secondary N) is 2. The van der Waals surface area contributed by atoms with Crippen molar-refractivity contribution in [1.82, 2.24) is 9.71 Å². The van der Waals surface area contributed by atoms with E-state index in [1.807, 2.05) is 0 Å². The Morgan fingerprint density at radius 3 is 2.55 bits per heavy atom. The molecule has 31 heavy (non-hydrogen) atoms. The van der Waals surface area contributed by atoms with Crippen LogP contribution in [-0.4, -0.2) is 37.5 Å². The van der Waals surface area contributed by atoms with Crippen LogP contribution >= 0.6 is 0 Å². The fourth-order valence-corrected chi connectivity index (χ4v) is 3.94. The van der Waals surface area contributed by atoms with Gasteiger partial charge in [-0.1, -0.05) is 18.2 Å². The number of ether oxygens (including phenoxy) is 1. The predicted octanol–water partition coefficient (Wildman–Crippen LogP) is 2.52. The standard InChI is InChI=1S/C21H19N3O6S/c1-30-18-9-8-15(21(26)27)12-19(18)31(28,29)23-13-14-5-4-6-16(11-14)24-20(25)17-7-2-3-10-22-17/h2-12,23H,13H2,1H3,(H,24,25)(H,26,27). The third-order valence-electron chi connectivity index (χ3n) is 4.25. The van der Waals surface area contributed by atoms with Gasteiger partial charge in [-0.3, -0.25) is 9.78 Å². The Labute approximate surface area is 178 Å². The minimum Gasteiger partial charge on any atom is -0.495 e. The van der Waals surface area contributed by atoms with Gasteiger partial charge in [0.1, 0.15) is 16.3 Å². The fourth-order valence-electron chi connectivity index (χ4n) is 2.73. The number of amides is 1. The number of benzene rings is 2. The third kappa shape index (κ3) is 5.44. The second kappa shape index (κ2) is 9.37. The third-order valence-corrected chi connectivity index (χ3v) is 5.67. The molecule has 3 N–H and O–H groups in total. The Balaban J connectivity index is 1.75. The molecule has 1 amide bonds. The second-order valence-electron chi connectivity index (χ2n) is 6.36. The number of sulfonamides is 1. The van der Waals surface area contributed by atoms with Crippen molar-refractivity contribution >= 4 is 27.6 Å². The lowest BCUT2D eigenvalue weighted by molar-refractivity contribution is 0.0696. The SMILES string of the molecule is COc1ccc(C(=O)O)cc1S(=O)(=O)NCc1cccc(NC(=O)c2ccccn2)c1. The van der Waals surface area contributed by atoms with Gasteiger partial charge in [-0.05, 0) is 48.0 Å². The molecule has 0 saturated heterocycles. The van der Waals surface area contributed by atoms with Crippen LogP contribution in [-0.2, 0) is 16.6 Å². The van der Waals surface area contributed by atoms with Gasteiger partial charge in [0.05, 0.1) is 12.7 Å². The summed E-state index contributed by atoms with van der Waals surface area (Å²) in [6.07, 6.45) is 1.51. The summed E-state index contributed by atoms with van der Waals surface area (Å²) in [6.45, 7) is -0.0872. The van der Waals surface area contributed by atoms with Gasteiger partial charge < -0.3 is 15.2 Å². The highest BCUT2D eigenvalue weighted by Gasteiger charge is 2.21. The summed E-state index contributed by atoms with van der Waals surface area (Å²) < 4.78 is 33.0. The number of carboxylic acid groups (broad SMARTS) is 1. The fraction of sp³-hybridized carbons (Fsp3) is 0.0952. The van der Waals surface area contributed by atoms with E-state index in [4.69, 9.17) is 9.84 Å². The first kappa shape index (κ1) is 21.9.